The van der Waals surface area contributed by atoms with E-state index >= 15 is 0 Å². The van der Waals surface area contributed by atoms with Gasteiger partial charge in [0.25, 0.3) is 0 Å². The van der Waals surface area contributed by atoms with Crippen molar-refractivity contribution < 1.29 is 34.0 Å². The average molecular weight is 456 g/mol. The van der Waals surface area contributed by atoms with Gasteiger partial charge in [0.15, 0.2) is 6.29 Å². The second-order valence-corrected chi connectivity index (χ2v) is 8.55. The quantitative estimate of drug-likeness (QED) is 0.313. The summed E-state index contributed by atoms with van der Waals surface area (Å²) >= 11 is 0. The summed E-state index contributed by atoms with van der Waals surface area (Å²) in [5.41, 5.74) is -0.451. The molecule has 2 saturated carbocycles. The smallest absolute Gasteiger partial charge is 0.332 e. The van der Waals surface area contributed by atoms with E-state index in [9.17, 15) is 19.8 Å². The molecule has 1 aromatic heterocycles. The van der Waals surface area contributed by atoms with Crippen molar-refractivity contribution in [2.75, 3.05) is 14.2 Å². The Morgan fingerprint density at radius 3 is 2.70 bits per heavy atom. The summed E-state index contributed by atoms with van der Waals surface area (Å²) in [5, 5.41) is 22.9. The van der Waals surface area contributed by atoms with Crippen molar-refractivity contribution in [2.45, 2.75) is 43.6 Å². The van der Waals surface area contributed by atoms with Gasteiger partial charge in [-0.1, -0.05) is 6.08 Å². The van der Waals surface area contributed by atoms with Gasteiger partial charge in [-0.3, -0.25) is 4.79 Å². The second-order valence-electron chi connectivity index (χ2n) is 8.55. The summed E-state index contributed by atoms with van der Waals surface area (Å²) in [4.78, 5) is 29.4. The third-order valence-electron chi connectivity index (χ3n) is 6.51. The van der Waals surface area contributed by atoms with E-state index in [1.54, 1.807) is 24.3 Å². The number of pyridine rings is 1. The summed E-state index contributed by atoms with van der Waals surface area (Å²) in [6.45, 7) is 3.73. The Kier molecular flexibility index (Phi) is 6.27. The van der Waals surface area contributed by atoms with E-state index in [1.807, 2.05) is 0 Å². The summed E-state index contributed by atoms with van der Waals surface area (Å²) in [7, 11) is 2.84. The highest BCUT2D eigenvalue weighted by atomic mass is 16.5. The number of rotatable bonds is 8. The number of aromatic nitrogens is 1. The number of hydrogen-bond acceptors (Lipinski definition) is 8. The second kappa shape index (κ2) is 8.99. The molecule has 0 aliphatic heterocycles. The first-order valence-electron chi connectivity index (χ1n) is 10.9. The summed E-state index contributed by atoms with van der Waals surface area (Å²) in [5.74, 6) is -0.0613. The predicted molar refractivity (Wildman–Crippen MR) is 118 cm³/mol. The lowest BCUT2D eigenvalue weighted by Crippen LogP contribution is -2.47. The van der Waals surface area contributed by atoms with Crippen molar-refractivity contribution in [1.82, 2.24) is 10.3 Å². The molecule has 33 heavy (non-hydrogen) atoms. The molecule has 9 nitrogen and oxygen atoms in total. The minimum absolute atomic E-state index is 0.0577. The van der Waals surface area contributed by atoms with Crippen molar-refractivity contribution in [1.29, 1.82) is 0 Å². The lowest BCUT2D eigenvalue weighted by atomic mass is 10.1. The number of benzene rings is 1. The zero-order valence-corrected chi connectivity index (χ0v) is 18.6. The molecular formula is C24H28N2O7. The molecule has 2 fully saturated rings. The van der Waals surface area contributed by atoms with Gasteiger partial charge in [0.05, 0.1) is 25.8 Å². The zero-order valence-electron chi connectivity index (χ0n) is 18.6. The number of carbonyl (C=O) groups excluding carboxylic acids is 2. The van der Waals surface area contributed by atoms with Crippen LogP contribution in [0, 0.1) is 11.8 Å². The monoisotopic (exact) mass is 456 g/mol. The van der Waals surface area contributed by atoms with Crippen LogP contribution in [-0.2, 0) is 14.3 Å². The standard InChI is InChI=1S/C24H28N2O7/c1-4-14-12-24(14,23(30)32-3)26-21(27)13-5-6-16(9-13)33-20-11-19(22(28)29)25-18-10-15(31-2)7-8-17(18)20/h4,7-8,10-11,13-14,16,22,28-29H,1,5-6,9,12H2,2-3H3,(H,26,27). The van der Waals surface area contributed by atoms with Gasteiger partial charge in [0.2, 0.25) is 5.91 Å². The lowest BCUT2D eigenvalue weighted by Gasteiger charge is -2.20. The molecule has 0 spiro atoms. The van der Waals surface area contributed by atoms with Crippen LogP contribution in [0.15, 0.2) is 36.9 Å². The molecule has 0 saturated heterocycles. The molecule has 1 amide bonds. The Morgan fingerprint density at radius 1 is 1.27 bits per heavy atom. The summed E-state index contributed by atoms with van der Waals surface area (Å²) in [6, 6.07) is 6.76. The third kappa shape index (κ3) is 4.38. The van der Waals surface area contributed by atoms with Crippen molar-refractivity contribution >= 4 is 22.8 Å². The van der Waals surface area contributed by atoms with Crippen LogP contribution in [0.5, 0.6) is 11.5 Å². The average Bonchev–Trinajstić information content (AvgIpc) is 3.33. The highest BCUT2D eigenvalue weighted by Crippen LogP contribution is 2.46. The minimum Gasteiger partial charge on any atom is -0.497 e. The number of amides is 1. The fourth-order valence-electron chi connectivity index (χ4n) is 4.52. The van der Waals surface area contributed by atoms with Crippen LogP contribution < -0.4 is 14.8 Å². The molecule has 9 heteroatoms. The number of aliphatic hydroxyl groups excluding tert-OH is 1. The van der Waals surface area contributed by atoms with E-state index in [1.165, 1.54) is 20.3 Å². The van der Waals surface area contributed by atoms with Crippen LogP contribution in [0.3, 0.4) is 0 Å². The number of nitrogens with zero attached hydrogens (tertiary/aromatic N) is 1. The number of ether oxygens (including phenoxy) is 3. The van der Waals surface area contributed by atoms with Gasteiger partial charge in [0, 0.05) is 29.4 Å². The Balaban J connectivity index is 1.48. The third-order valence-corrected chi connectivity index (χ3v) is 6.51. The maximum atomic E-state index is 12.9. The zero-order chi connectivity index (χ0) is 23.8. The summed E-state index contributed by atoms with van der Waals surface area (Å²) < 4.78 is 16.3. The predicted octanol–water partition coefficient (Wildman–Crippen LogP) is 2.01. The Labute approximate surface area is 191 Å². The molecule has 2 aliphatic carbocycles. The van der Waals surface area contributed by atoms with Crippen LogP contribution in [0.2, 0.25) is 0 Å². The van der Waals surface area contributed by atoms with Crippen LogP contribution in [0.4, 0.5) is 0 Å². The van der Waals surface area contributed by atoms with Gasteiger partial charge >= 0.3 is 5.97 Å². The van der Waals surface area contributed by atoms with Gasteiger partial charge in [-0.15, -0.1) is 6.58 Å². The van der Waals surface area contributed by atoms with Crippen molar-refractivity contribution in [3.63, 3.8) is 0 Å². The first-order chi connectivity index (χ1) is 15.8. The molecule has 3 N–H and O–H groups in total. The van der Waals surface area contributed by atoms with Gasteiger partial charge in [-0.05, 0) is 37.8 Å². The maximum absolute atomic E-state index is 12.9. The van der Waals surface area contributed by atoms with E-state index in [0.717, 1.165) is 0 Å². The maximum Gasteiger partial charge on any atom is 0.332 e. The fraction of sp³-hybridized carbons (Fsp3) is 0.458. The van der Waals surface area contributed by atoms with Crippen LogP contribution >= 0.6 is 0 Å². The molecule has 0 bridgehead atoms. The van der Waals surface area contributed by atoms with E-state index in [-0.39, 0.29) is 29.5 Å². The van der Waals surface area contributed by atoms with Gasteiger partial charge in [-0.2, -0.15) is 0 Å². The van der Waals surface area contributed by atoms with E-state index in [2.05, 4.69) is 16.9 Å². The molecule has 1 aromatic carbocycles. The number of methoxy groups -OCH3 is 2. The normalized spacial score (nSPS) is 26.2. The van der Waals surface area contributed by atoms with Crippen LogP contribution in [0.1, 0.15) is 37.7 Å². The number of nitrogens with one attached hydrogen (secondary N) is 1. The van der Waals surface area contributed by atoms with E-state index in [4.69, 9.17) is 14.2 Å². The molecule has 4 unspecified atom stereocenters. The fourth-order valence-corrected chi connectivity index (χ4v) is 4.52. The first-order valence-corrected chi connectivity index (χ1v) is 10.9. The highest BCUT2D eigenvalue weighted by Gasteiger charge is 2.61. The van der Waals surface area contributed by atoms with Crippen molar-refractivity contribution in [3.8, 4) is 11.5 Å². The SMILES string of the molecule is C=CC1CC1(NC(=O)C1CCC(Oc2cc(C(O)O)nc3cc(OC)ccc23)C1)C(=O)OC. The summed E-state index contributed by atoms with van der Waals surface area (Å²) in [6.07, 6.45) is 1.87. The Hall–Kier alpha value is -3.17. The van der Waals surface area contributed by atoms with Gasteiger partial charge in [0.1, 0.15) is 22.7 Å². The van der Waals surface area contributed by atoms with E-state index < -0.39 is 17.8 Å². The molecule has 176 valence electrons. The molecule has 4 atom stereocenters. The molecule has 2 aliphatic rings. The van der Waals surface area contributed by atoms with Crippen LogP contribution in [0.25, 0.3) is 10.9 Å². The number of aliphatic hydroxyl groups is 2. The van der Waals surface area contributed by atoms with Gasteiger partial charge in [-0.25, -0.2) is 9.78 Å². The Bertz CT molecular complexity index is 1090. The molecule has 2 aromatic rings. The Morgan fingerprint density at radius 2 is 2.06 bits per heavy atom. The largest absolute Gasteiger partial charge is 0.497 e. The first kappa shape index (κ1) is 23.0. The van der Waals surface area contributed by atoms with Crippen LogP contribution in [-0.4, -0.2) is 52.9 Å². The van der Waals surface area contributed by atoms with E-state index in [0.29, 0.717) is 48.1 Å². The topological polar surface area (TPSA) is 127 Å². The lowest BCUT2D eigenvalue weighted by molar-refractivity contribution is -0.147. The minimum atomic E-state index is -1.75. The molecule has 0 radical (unpaired) electrons. The molecule has 4 rings (SSSR count). The number of carbonyl (C=O) groups is 2. The number of fused-ring (bicyclic) bond motifs is 1. The number of hydrogen-bond donors (Lipinski definition) is 3. The van der Waals surface area contributed by atoms with Crippen molar-refractivity contribution in [2.24, 2.45) is 11.8 Å². The molecule has 1 heterocycles. The number of esters is 1. The van der Waals surface area contributed by atoms with Crippen molar-refractivity contribution in [3.05, 3.63) is 42.6 Å². The highest BCUT2D eigenvalue weighted by molar-refractivity contribution is 5.92. The molecular weight excluding hydrogens is 428 g/mol. The van der Waals surface area contributed by atoms with Gasteiger partial charge < -0.3 is 29.7 Å².